The Labute approximate surface area is 198 Å². The third-order valence-corrected chi connectivity index (χ3v) is 5.84. The maximum Gasteiger partial charge on any atom is 0.291 e. The number of carbonyl (C=O) groups excluding carboxylic acids is 1. The fraction of sp³-hybridized carbons (Fsp3) is 0.0690. The van der Waals surface area contributed by atoms with E-state index in [1.165, 1.54) is 0 Å². The highest BCUT2D eigenvalue weighted by Gasteiger charge is 2.18. The molecule has 0 saturated heterocycles. The molecule has 5 rings (SSSR count). The molecule has 0 spiro atoms. The van der Waals surface area contributed by atoms with Gasteiger partial charge in [-0.25, -0.2) is 10.1 Å². The van der Waals surface area contributed by atoms with Gasteiger partial charge >= 0.3 is 0 Å². The minimum absolute atomic E-state index is 0.297. The summed E-state index contributed by atoms with van der Waals surface area (Å²) in [5, 5.41) is 11.0. The van der Waals surface area contributed by atoms with Crippen LogP contribution < -0.4 is 5.43 Å². The quantitative estimate of drug-likeness (QED) is 0.264. The normalized spacial score (nSPS) is 11.2. The number of benzene rings is 4. The second-order valence-corrected chi connectivity index (χ2v) is 8.24. The number of aromatic nitrogens is 2. The summed E-state index contributed by atoms with van der Waals surface area (Å²) in [6, 6.07) is 32.2. The number of rotatable bonds is 5. The van der Waals surface area contributed by atoms with Gasteiger partial charge in [-0.1, -0.05) is 84.4 Å². The Bertz CT molecular complexity index is 1510. The van der Waals surface area contributed by atoms with E-state index < -0.39 is 0 Å². The third kappa shape index (κ3) is 4.24. The van der Waals surface area contributed by atoms with Gasteiger partial charge in [0.15, 0.2) is 5.69 Å². The lowest BCUT2D eigenvalue weighted by Gasteiger charge is -2.10. The molecule has 0 radical (unpaired) electrons. The summed E-state index contributed by atoms with van der Waals surface area (Å²) < 4.78 is 1.82. The minimum atomic E-state index is -0.364. The molecular weight excluding hydrogens is 420 g/mol. The van der Waals surface area contributed by atoms with Crippen LogP contribution in [0.5, 0.6) is 0 Å². The molecule has 0 fully saturated rings. The number of aryl methyl sites for hydroxylation is 2. The molecule has 5 nitrogen and oxygen atoms in total. The smallest absolute Gasteiger partial charge is 0.265 e. The first-order valence-electron chi connectivity index (χ1n) is 11.1. The first-order valence-corrected chi connectivity index (χ1v) is 11.1. The molecule has 0 bridgehead atoms. The van der Waals surface area contributed by atoms with Crippen molar-refractivity contribution in [1.82, 2.24) is 15.2 Å². The van der Waals surface area contributed by atoms with E-state index in [4.69, 9.17) is 0 Å². The Hall–Kier alpha value is -4.51. The molecule has 4 aromatic carbocycles. The molecule has 166 valence electrons. The number of nitrogens with one attached hydrogen (secondary N) is 1. The molecule has 0 aliphatic heterocycles. The van der Waals surface area contributed by atoms with Crippen LogP contribution in [0.1, 0.15) is 27.2 Å². The number of nitrogens with zero attached hydrogens (tertiary/aromatic N) is 3. The highest BCUT2D eigenvalue weighted by Crippen LogP contribution is 2.31. The van der Waals surface area contributed by atoms with Crippen LogP contribution in [0.3, 0.4) is 0 Å². The van der Waals surface area contributed by atoms with Crippen molar-refractivity contribution in [3.63, 3.8) is 0 Å². The van der Waals surface area contributed by atoms with Crippen molar-refractivity contribution in [3.8, 4) is 16.9 Å². The van der Waals surface area contributed by atoms with Gasteiger partial charge in [-0.15, -0.1) is 0 Å². The van der Waals surface area contributed by atoms with Crippen LogP contribution in [0, 0.1) is 13.8 Å². The average Bonchev–Trinajstić information content (AvgIpc) is 3.31. The van der Waals surface area contributed by atoms with Crippen molar-refractivity contribution in [2.24, 2.45) is 5.10 Å². The number of hydrogen-bond donors (Lipinski definition) is 1. The van der Waals surface area contributed by atoms with Crippen molar-refractivity contribution >= 4 is 22.9 Å². The molecule has 0 saturated carbocycles. The Morgan fingerprint density at radius 1 is 0.882 bits per heavy atom. The maximum absolute atomic E-state index is 13.0. The predicted molar refractivity (Wildman–Crippen MR) is 137 cm³/mol. The van der Waals surface area contributed by atoms with E-state index in [2.05, 4.69) is 39.9 Å². The van der Waals surface area contributed by atoms with E-state index >= 15 is 0 Å². The molecule has 1 N–H and O–H groups in total. The van der Waals surface area contributed by atoms with Crippen LogP contribution in [-0.2, 0) is 0 Å². The van der Waals surface area contributed by atoms with E-state index in [1.807, 2.05) is 91.3 Å². The fourth-order valence-electron chi connectivity index (χ4n) is 3.96. The van der Waals surface area contributed by atoms with Gasteiger partial charge in [0.2, 0.25) is 0 Å². The van der Waals surface area contributed by atoms with Crippen molar-refractivity contribution in [3.05, 3.63) is 119 Å². The molecule has 1 heterocycles. The van der Waals surface area contributed by atoms with E-state index in [9.17, 15) is 4.79 Å². The summed E-state index contributed by atoms with van der Waals surface area (Å²) in [6.45, 7) is 4.05. The molecule has 0 unspecified atom stereocenters. The molecule has 5 heteroatoms. The molecule has 0 aliphatic rings. The summed E-state index contributed by atoms with van der Waals surface area (Å²) in [5.74, 6) is -0.364. The van der Waals surface area contributed by atoms with Gasteiger partial charge in [-0.05, 0) is 53.9 Å². The molecule has 1 aromatic heterocycles. The van der Waals surface area contributed by atoms with Crippen molar-refractivity contribution in [2.75, 3.05) is 0 Å². The highest BCUT2D eigenvalue weighted by molar-refractivity contribution is 5.99. The van der Waals surface area contributed by atoms with Gasteiger partial charge in [0, 0.05) is 5.56 Å². The topological polar surface area (TPSA) is 59.3 Å². The Morgan fingerprint density at radius 3 is 2.44 bits per heavy atom. The van der Waals surface area contributed by atoms with Gasteiger partial charge < -0.3 is 0 Å². The maximum atomic E-state index is 13.0. The van der Waals surface area contributed by atoms with Crippen LogP contribution in [0.25, 0.3) is 27.7 Å². The SMILES string of the molecule is Cc1ccc(-n2nc(C(=O)N/N=C\c3ccccc3C)cc2-c2cccc3ccccc23)cc1. The van der Waals surface area contributed by atoms with Crippen molar-refractivity contribution in [2.45, 2.75) is 13.8 Å². The third-order valence-electron chi connectivity index (χ3n) is 5.84. The molecule has 34 heavy (non-hydrogen) atoms. The number of carbonyl (C=O) groups is 1. The van der Waals surface area contributed by atoms with Crippen LogP contribution in [0.2, 0.25) is 0 Å². The molecule has 0 atom stereocenters. The van der Waals surface area contributed by atoms with Gasteiger partial charge in [-0.3, -0.25) is 4.79 Å². The summed E-state index contributed by atoms with van der Waals surface area (Å²) >= 11 is 0. The Kier molecular flexibility index (Phi) is 5.75. The minimum Gasteiger partial charge on any atom is -0.265 e. The molecule has 5 aromatic rings. The van der Waals surface area contributed by atoms with Crippen molar-refractivity contribution < 1.29 is 4.79 Å². The largest absolute Gasteiger partial charge is 0.291 e. The van der Waals surface area contributed by atoms with E-state index in [1.54, 1.807) is 6.21 Å². The highest BCUT2D eigenvalue weighted by atomic mass is 16.2. The van der Waals surface area contributed by atoms with Gasteiger partial charge in [0.25, 0.3) is 5.91 Å². The second kappa shape index (κ2) is 9.16. The van der Waals surface area contributed by atoms with Crippen LogP contribution in [0.4, 0.5) is 0 Å². The summed E-state index contributed by atoms with van der Waals surface area (Å²) in [7, 11) is 0. The van der Waals surface area contributed by atoms with Crippen LogP contribution in [-0.4, -0.2) is 21.9 Å². The lowest BCUT2D eigenvalue weighted by molar-refractivity contribution is 0.0949. The van der Waals surface area contributed by atoms with Gasteiger partial charge in [-0.2, -0.15) is 10.2 Å². The zero-order valence-corrected chi connectivity index (χ0v) is 19.1. The number of fused-ring (bicyclic) bond motifs is 1. The van der Waals surface area contributed by atoms with Crippen LogP contribution in [0.15, 0.2) is 102 Å². The molecule has 0 aliphatic carbocycles. The zero-order valence-electron chi connectivity index (χ0n) is 19.1. The molecular formula is C29H24N4O. The van der Waals surface area contributed by atoms with E-state index in [0.717, 1.165) is 44.4 Å². The number of amides is 1. The zero-order chi connectivity index (χ0) is 23.5. The summed E-state index contributed by atoms with van der Waals surface area (Å²) in [4.78, 5) is 13.0. The second-order valence-electron chi connectivity index (χ2n) is 8.24. The van der Waals surface area contributed by atoms with Crippen LogP contribution >= 0.6 is 0 Å². The van der Waals surface area contributed by atoms with Crippen molar-refractivity contribution in [1.29, 1.82) is 0 Å². The van der Waals surface area contributed by atoms with Gasteiger partial charge in [0.05, 0.1) is 17.6 Å². The van der Waals surface area contributed by atoms with E-state index in [0.29, 0.717) is 5.69 Å². The predicted octanol–water partition coefficient (Wildman–Crippen LogP) is 6.07. The lowest BCUT2D eigenvalue weighted by atomic mass is 10.0. The average molecular weight is 445 g/mol. The van der Waals surface area contributed by atoms with E-state index in [-0.39, 0.29) is 5.91 Å². The Balaban J connectivity index is 1.55. The molecule has 1 amide bonds. The standard InChI is InChI=1S/C29H24N4O/c1-20-14-16-24(17-15-20)33-28(26-13-7-11-22-9-5-6-12-25(22)26)18-27(32-33)29(34)31-30-19-23-10-4-3-8-21(23)2/h3-19H,1-2H3,(H,31,34)/b30-19-. The number of hydrazone groups is 1. The Morgan fingerprint density at radius 2 is 1.62 bits per heavy atom. The number of hydrogen-bond acceptors (Lipinski definition) is 3. The first kappa shape index (κ1) is 21.3. The summed E-state index contributed by atoms with van der Waals surface area (Å²) in [6.07, 6.45) is 1.65. The monoisotopic (exact) mass is 444 g/mol. The fourth-order valence-corrected chi connectivity index (χ4v) is 3.96. The van der Waals surface area contributed by atoms with Gasteiger partial charge in [0.1, 0.15) is 0 Å². The lowest BCUT2D eigenvalue weighted by Crippen LogP contribution is -2.18. The first-order chi connectivity index (χ1) is 16.6. The summed E-state index contributed by atoms with van der Waals surface area (Å²) in [5.41, 5.74) is 8.84.